The van der Waals surface area contributed by atoms with E-state index in [0.29, 0.717) is 43.0 Å². The molecule has 2 aromatic heterocycles. The normalized spacial score (nSPS) is 15.6. The number of H-pyrrole nitrogens is 1. The third-order valence-electron chi connectivity index (χ3n) is 5.30. The zero-order valence-electron chi connectivity index (χ0n) is 16.6. The van der Waals surface area contributed by atoms with Gasteiger partial charge in [-0.05, 0) is 37.5 Å². The standard InChI is InChI=1S/C21H23N3O4S/c1-11-12(2)29-21-17(11)20(26)23-16(24-21)7-8-22-19(25)14-9-13-5-4-6-15(27-3)18(13)28-10-14/h4-6,14H,7-10H2,1-3H3,(H,22,25)(H,23,24,26)/t14-/m0/s1. The minimum absolute atomic E-state index is 0.0651. The Morgan fingerprint density at radius 1 is 1.41 bits per heavy atom. The number of benzene rings is 1. The Bertz CT molecular complexity index is 1130. The van der Waals surface area contributed by atoms with E-state index in [1.165, 1.54) is 11.3 Å². The fourth-order valence-electron chi connectivity index (χ4n) is 3.59. The number of carbonyl (C=O) groups excluding carboxylic acids is 1. The van der Waals surface area contributed by atoms with Crippen molar-refractivity contribution in [2.75, 3.05) is 20.3 Å². The highest BCUT2D eigenvalue weighted by molar-refractivity contribution is 7.18. The molecule has 0 saturated carbocycles. The number of aromatic nitrogens is 2. The molecular weight excluding hydrogens is 390 g/mol. The third-order valence-corrected chi connectivity index (χ3v) is 6.40. The van der Waals surface area contributed by atoms with E-state index in [1.54, 1.807) is 7.11 Å². The third kappa shape index (κ3) is 3.72. The number of hydrogen-bond donors (Lipinski definition) is 2. The molecule has 0 aliphatic carbocycles. The van der Waals surface area contributed by atoms with Crippen LogP contribution in [0.2, 0.25) is 0 Å². The van der Waals surface area contributed by atoms with Gasteiger partial charge < -0.3 is 19.8 Å². The highest BCUT2D eigenvalue weighted by Gasteiger charge is 2.27. The van der Waals surface area contributed by atoms with Crippen LogP contribution in [0.5, 0.6) is 11.5 Å². The first-order chi connectivity index (χ1) is 14.0. The Kier molecular flexibility index (Phi) is 5.27. The van der Waals surface area contributed by atoms with Crippen LogP contribution in [0, 0.1) is 19.8 Å². The van der Waals surface area contributed by atoms with Crippen LogP contribution in [0.15, 0.2) is 23.0 Å². The molecule has 1 amide bonds. The van der Waals surface area contributed by atoms with E-state index in [9.17, 15) is 9.59 Å². The summed E-state index contributed by atoms with van der Waals surface area (Å²) in [6, 6.07) is 5.69. The van der Waals surface area contributed by atoms with Crippen molar-refractivity contribution in [1.82, 2.24) is 15.3 Å². The molecule has 1 aliphatic heterocycles. The minimum Gasteiger partial charge on any atom is -0.493 e. The number of methoxy groups -OCH3 is 1. The smallest absolute Gasteiger partial charge is 0.259 e. The summed E-state index contributed by atoms with van der Waals surface area (Å²) in [7, 11) is 1.60. The number of rotatable bonds is 5. The van der Waals surface area contributed by atoms with Crippen molar-refractivity contribution >= 4 is 27.5 Å². The van der Waals surface area contributed by atoms with Gasteiger partial charge in [-0.1, -0.05) is 12.1 Å². The van der Waals surface area contributed by atoms with E-state index >= 15 is 0 Å². The van der Waals surface area contributed by atoms with Crippen molar-refractivity contribution in [2.24, 2.45) is 5.92 Å². The number of hydrogen-bond acceptors (Lipinski definition) is 6. The summed E-state index contributed by atoms with van der Waals surface area (Å²) in [5.74, 6) is 1.66. The summed E-state index contributed by atoms with van der Waals surface area (Å²) < 4.78 is 11.1. The van der Waals surface area contributed by atoms with E-state index in [2.05, 4.69) is 15.3 Å². The maximum Gasteiger partial charge on any atom is 0.259 e. The van der Waals surface area contributed by atoms with Crippen molar-refractivity contribution in [3.8, 4) is 11.5 Å². The van der Waals surface area contributed by atoms with Crippen molar-refractivity contribution < 1.29 is 14.3 Å². The number of amides is 1. The molecule has 29 heavy (non-hydrogen) atoms. The number of fused-ring (bicyclic) bond motifs is 2. The van der Waals surface area contributed by atoms with Gasteiger partial charge >= 0.3 is 0 Å². The second-order valence-electron chi connectivity index (χ2n) is 7.18. The molecule has 1 atom stereocenters. The van der Waals surface area contributed by atoms with E-state index in [0.717, 1.165) is 26.6 Å². The first kappa shape index (κ1) is 19.4. The Morgan fingerprint density at radius 3 is 3.03 bits per heavy atom. The Morgan fingerprint density at radius 2 is 2.24 bits per heavy atom. The lowest BCUT2D eigenvalue weighted by Crippen LogP contribution is -2.38. The fourth-order valence-corrected chi connectivity index (χ4v) is 4.64. The van der Waals surface area contributed by atoms with Crippen molar-refractivity contribution in [3.05, 3.63) is 50.4 Å². The van der Waals surface area contributed by atoms with E-state index < -0.39 is 0 Å². The summed E-state index contributed by atoms with van der Waals surface area (Å²) in [6.07, 6.45) is 1.07. The van der Waals surface area contributed by atoms with E-state index in [4.69, 9.17) is 9.47 Å². The molecule has 8 heteroatoms. The number of nitrogens with zero attached hydrogens (tertiary/aromatic N) is 1. The molecule has 0 saturated heterocycles. The van der Waals surface area contributed by atoms with Crippen molar-refractivity contribution in [3.63, 3.8) is 0 Å². The van der Waals surface area contributed by atoms with Crippen LogP contribution in [-0.2, 0) is 17.6 Å². The average Bonchev–Trinajstić information content (AvgIpc) is 3.00. The molecule has 0 bridgehead atoms. The van der Waals surface area contributed by atoms with Gasteiger partial charge in [-0.2, -0.15) is 0 Å². The van der Waals surface area contributed by atoms with Gasteiger partial charge in [0.15, 0.2) is 11.5 Å². The topological polar surface area (TPSA) is 93.3 Å². The lowest BCUT2D eigenvalue weighted by molar-refractivity contribution is -0.126. The van der Waals surface area contributed by atoms with Gasteiger partial charge in [0, 0.05) is 17.8 Å². The van der Waals surface area contributed by atoms with Crippen LogP contribution >= 0.6 is 11.3 Å². The molecule has 152 valence electrons. The number of thiophene rings is 1. The van der Waals surface area contributed by atoms with Crippen LogP contribution in [-0.4, -0.2) is 36.1 Å². The van der Waals surface area contributed by atoms with Crippen molar-refractivity contribution in [2.45, 2.75) is 26.7 Å². The molecule has 1 aliphatic rings. The van der Waals surface area contributed by atoms with Crippen LogP contribution in [0.3, 0.4) is 0 Å². The Balaban J connectivity index is 1.38. The average molecular weight is 413 g/mol. The highest BCUT2D eigenvalue weighted by Crippen LogP contribution is 2.36. The highest BCUT2D eigenvalue weighted by atomic mass is 32.1. The fraction of sp³-hybridized carbons (Fsp3) is 0.381. The minimum atomic E-state index is -0.258. The maximum atomic E-state index is 12.6. The van der Waals surface area contributed by atoms with Gasteiger partial charge in [-0.3, -0.25) is 9.59 Å². The number of nitrogens with one attached hydrogen (secondary N) is 2. The predicted molar refractivity (Wildman–Crippen MR) is 112 cm³/mol. The number of carbonyl (C=O) groups is 1. The van der Waals surface area contributed by atoms with E-state index in [1.807, 2.05) is 32.0 Å². The molecule has 0 spiro atoms. The zero-order valence-corrected chi connectivity index (χ0v) is 17.4. The molecule has 7 nitrogen and oxygen atoms in total. The SMILES string of the molecule is COc1cccc2c1OC[C@@H](C(=O)NCCc1nc3sc(C)c(C)c3c(=O)[nH]1)C2. The lowest BCUT2D eigenvalue weighted by atomic mass is 9.95. The summed E-state index contributed by atoms with van der Waals surface area (Å²) in [5, 5.41) is 3.60. The first-order valence-corrected chi connectivity index (χ1v) is 10.3. The largest absolute Gasteiger partial charge is 0.493 e. The summed E-state index contributed by atoms with van der Waals surface area (Å²) in [6.45, 7) is 4.64. The first-order valence-electron chi connectivity index (χ1n) is 9.53. The second kappa shape index (κ2) is 7.87. The maximum absolute atomic E-state index is 12.6. The van der Waals surface area contributed by atoms with Crippen LogP contribution in [0.1, 0.15) is 21.8 Å². The lowest BCUT2D eigenvalue weighted by Gasteiger charge is -2.25. The molecule has 0 fully saturated rings. The van der Waals surface area contributed by atoms with Gasteiger partial charge in [0.25, 0.3) is 5.56 Å². The number of aromatic amines is 1. The number of para-hydroxylation sites is 1. The quantitative estimate of drug-likeness (QED) is 0.670. The molecule has 2 N–H and O–H groups in total. The van der Waals surface area contributed by atoms with Gasteiger partial charge in [-0.25, -0.2) is 4.98 Å². The van der Waals surface area contributed by atoms with Crippen LogP contribution in [0.4, 0.5) is 0 Å². The van der Waals surface area contributed by atoms with Crippen LogP contribution in [0.25, 0.3) is 10.2 Å². The molecule has 1 aromatic carbocycles. The van der Waals surface area contributed by atoms with Crippen LogP contribution < -0.4 is 20.3 Å². The molecule has 0 unspecified atom stereocenters. The summed E-state index contributed by atoms with van der Waals surface area (Å²) in [5.41, 5.74) is 1.83. The van der Waals surface area contributed by atoms with Crippen molar-refractivity contribution in [1.29, 1.82) is 0 Å². The monoisotopic (exact) mass is 413 g/mol. The zero-order chi connectivity index (χ0) is 20.5. The number of aryl methyl sites for hydroxylation is 2. The molecule has 3 heterocycles. The molecule has 4 rings (SSSR count). The molecule has 0 radical (unpaired) electrons. The van der Waals surface area contributed by atoms with Gasteiger partial charge in [-0.15, -0.1) is 11.3 Å². The number of ether oxygens (including phenoxy) is 2. The second-order valence-corrected chi connectivity index (χ2v) is 8.38. The predicted octanol–water partition coefficient (Wildman–Crippen LogP) is 2.52. The van der Waals surface area contributed by atoms with Gasteiger partial charge in [0.05, 0.1) is 18.4 Å². The molecule has 3 aromatic rings. The van der Waals surface area contributed by atoms with Gasteiger partial charge in [0.1, 0.15) is 17.3 Å². The van der Waals surface area contributed by atoms with E-state index in [-0.39, 0.29) is 17.4 Å². The Labute approximate surface area is 172 Å². The summed E-state index contributed by atoms with van der Waals surface area (Å²) in [4.78, 5) is 34.1. The van der Waals surface area contributed by atoms with Gasteiger partial charge in [0.2, 0.25) is 5.91 Å². The molecular formula is C21H23N3O4S. The Hall–Kier alpha value is -2.87. The summed E-state index contributed by atoms with van der Waals surface area (Å²) >= 11 is 1.52.